The average Bonchev–Trinajstić information content (AvgIpc) is 2.46. The highest BCUT2D eigenvalue weighted by Gasteiger charge is 2.38. The largest absolute Gasteiger partial charge is 0.302 e. The van der Waals surface area contributed by atoms with Crippen LogP contribution in [-0.2, 0) is 0 Å². The first-order chi connectivity index (χ1) is 9.91. The fourth-order valence-electron chi connectivity index (χ4n) is 4.48. The quantitative estimate of drug-likeness (QED) is 0.742. The summed E-state index contributed by atoms with van der Waals surface area (Å²) in [4.78, 5) is 2.54. The summed E-state index contributed by atoms with van der Waals surface area (Å²) in [6.07, 6.45) is 10.6. The summed E-state index contributed by atoms with van der Waals surface area (Å²) in [7, 11) is 2.27. The molecule has 0 amide bonds. The van der Waals surface area contributed by atoms with Crippen LogP contribution in [0.1, 0.15) is 72.1 Å². The van der Waals surface area contributed by atoms with Crippen molar-refractivity contribution in [3.8, 4) is 6.07 Å². The highest BCUT2D eigenvalue weighted by Crippen LogP contribution is 2.41. The third-order valence-corrected chi connectivity index (χ3v) is 6.04. The van der Waals surface area contributed by atoms with Crippen LogP contribution in [0.4, 0.5) is 0 Å². The van der Waals surface area contributed by atoms with Gasteiger partial charge in [0.2, 0.25) is 0 Å². The maximum Gasteiger partial charge on any atom is 0.0672 e. The zero-order valence-electron chi connectivity index (χ0n) is 14.6. The van der Waals surface area contributed by atoms with Crippen LogP contribution < -0.4 is 0 Å². The molecule has 0 radical (unpaired) electrons. The van der Waals surface area contributed by atoms with Crippen molar-refractivity contribution in [2.24, 2.45) is 23.2 Å². The minimum absolute atomic E-state index is 0.247. The van der Waals surface area contributed by atoms with Gasteiger partial charge in [-0.15, -0.1) is 0 Å². The monoisotopic (exact) mass is 290 g/mol. The molecule has 2 aliphatic carbocycles. The molecule has 0 aliphatic heterocycles. The lowest BCUT2D eigenvalue weighted by Crippen LogP contribution is -2.46. The Labute approximate surface area is 131 Å². The molecule has 0 aromatic carbocycles. The fourth-order valence-corrected chi connectivity index (χ4v) is 4.48. The van der Waals surface area contributed by atoms with Gasteiger partial charge in [0.1, 0.15) is 0 Å². The molecule has 0 spiro atoms. The zero-order valence-corrected chi connectivity index (χ0v) is 14.6. The minimum atomic E-state index is 0.247. The van der Waals surface area contributed by atoms with Gasteiger partial charge in [-0.1, -0.05) is 40.0 Å². The topological polar surface area (TPSA) is 27.0 Å². The molecule has 0 bridgehead atoms. The Kier molecular flexibility index (Phi) is 5.72. The molecular weight excluding hydrogens is 256 g/mol. The van der Waals surface area contributed by atoms with E-state index in [1.165, 1.54) is 51.5 Å². The van der Waals surface area contributed by atoms with Gasteiger partial charge < -0.3 is 4.90 Å². The van der Waals surface area contributed by atoms with Crippen molar-refractivity contribution in [1.29, 1.82) is 5.26 Å². The molecule has 120 valence electrons. The molecule has 2 heteroatoms. The van der Waals surface area contributed by atoms with E-state index in [2.05, 4.69) is 38.8 Å². The Morgan fingerprint density at radius 2 is 1.71 bits per heavy atom. The highest BCUT2D eigenvalue weighted by atomic mass is 15.1. The summed E-state index contributed by atoms with van der Waals surface area (Å²) in [6.45, 7) is 8.30. The number of rotatable bonds is 3. The molecule has 0 N–H and O–H groups in total. The van der Waals surface area contributed by atoms with E-state index in [4.69, 9.17) is 0 Å². The average molecular weight is 290 g/mol. The van der Waals surface area contributed by atoms with E-state index in [1.54, 1.807) is 0 Å². The molecule has 2 nitrogen and oxygen atoms in total. The molecule has 2 aliphatic rings. The number of nitrogens with zero attached hydrogens (tertiary/aromatic N) is 2. The summed E-state index contributed by atoms with van der Waals surface area (Å²) < 4.78 is 0. The summed E-state index contributed by atoms with van der Waals surface area (Å²) in [6, 6.07) is 3.08. The van der Waals surface area contributed by atoms with Crippen molar-refractivity contribution in [2.75, 3.05) is 13.6 Å². The Balaban J connectivity index is 1.97. The van der Waals surface area contributed by atoms with Crippen LogP contribution in [0.2, 0.25) is 0 Å². The van der Waals surface area contributed by atoms with Crippen LogP contribution in [0.25, 0.3) is 0 Å². The Hall–Kier alpha value is -0.550. The molecule has 0 aromatic rings. The van der Waals surface area contributed by atoms with Crippen LogP contribution in [0.5, 0.6) is 0 Å². The minimum Gasteiger partial charge on any atom is -0.302 e. The van der Waals surface area contributed by atoms with E-state index in [0.29, 0.717) is 11.5 Å². The SMILES string of the molecule is CN(CC1CCCCC1)C1CC(C(C)(C)C)CCC1C#N. The second kappa shape index (κ2) is 7.14. The van der Waals surface area contributed by atoms with Crippen LogP contribution in [-0.4, -0.2) is 24.5 Å². The van der Waals surface area contributed by atoms with E-state index in [9.17, 15) is 5.26 Å². The van der Waals surface area contributed by atoms with Crippen molar-refractivity contribution in [3.05, 3.63) is 0 Å². The normalized spacial score (nSPS) is 32.1. The van der Waals surface area contributed by atoms with Crippen molar-refractivity contribution < 1.29 is 0 Å². The maximum atomic E-state index is 9.53. The molecule has 2 fully saturated rings. The Morgan fingerprint density at radius 3 is 2.29 bits per heavy atom. The van der Waals surface area contributed by atoms with E-state index < -0.39 is 0 Å². The Morgan fingerprint density at radius 1 is 1.05 bits per heavy atom. The molecule has 2 saturated carbocycles. The maximum absolute atomic E-state index is 9.53. The van der Waals surface area contributed by atoms with Gasteiger partial charge in [-0.2, -0.15) is 5.26 Å². The van der Waals surface area contributed by atoms with Crippen LogP contribution in [0.3, 0.4) is 0 Å². The smallest absolute Gasteiger partial charge is 0.0672 e. The highest BCUT2D eigenvalue weighted by molar-refractivity contribution is 4.99. The summed E-state index contributed by atoms with van der Waals surface area (Å²) in [5, 5.41) is 9.53. The molecule has 2 rings (SSSR count). The van der Waals surface area contributed by atoms with Crippen molar-refractivity contribution in [3.63, 3.8) is 0 Å². The lowest BCUT2D eigenvalue weighted by molar-refractivity contribution is 0.0627. The lowest BCUT2D eigenvalue weighted by atomic mass is 9.67. The Bertz CT molecular complexity index is 357. The van der Waals surface area contributed by atoms with Gasteiger partial charge in [0.15, 0.2) is 0 Å². The van der Waals surface area contributed by atoms with Crippen molar-refractivity contribution in [2.45, 2.75) is 78.2 Å². The predicted molar refractivity (Wildman–Crippen MR) is 88.9 cm³/mol. The third kappa shape index (κ3) is 4.46. The summed E-state index contributed by atoms with van der Waals surface area (Å²) >= 11 is 0. The summed E-state index contributed by atoms with van der Waals surface area (Å²) in [5.41, 5.74) is 0.379. The molecule has 3 atom stereocenters. The lowest BCUT2D eigenvalue weighted by Gasteiger charge is -2.44. The third-order valence-electron chi connectivity index (χ3n) is 6.04. The van der Waals surface area contributed by atoms with Crippen LogP contribution >= 0.6 is 0 Å². The molecule has 0 saturated heterocycles. The molecule has 0 heterocycles. The van der Waals surface area contributed by atoms with Crippen molar-refractivity contribution in [1.82, 2.24) is 4.90 Å². The van der Waals surface area contributed by atoms with E-state index in [1.807, 2.05) is 0 Å². The van der Waals surface area contributed by atoms with Gasteiger partial charge in [0.05, 0.1) is 12.0 Å². The van der Waals surface area contributed by atoms with Crippen LogP contribution in [0, 0.1) is 34.5 Å². The van der Waals surface area contributed by atoms with Gasteiger partial charge in [0.25, 0.3) is 0 Å². The van der Waals surface area contributed by atoms with Gasteiger partial charge in [-0.3, -0.25) is 0 Å². The van der Waals surface area contributed by atoms with E-state index in [0.717, 1.165) is 18.3 Å². The zero-order chi connectivity index (χ0) is 15.5. The van der Waals surface area contributed by atoms with Crippen molar-refractivity contribution >= 4 is 0 Å². The first kappa shape index (κ1) is 16.8. The van der Waals surface area contributed by atoms with E-state index >= 15 is 0 Å². The predicted octanol–water partition coefficient (Wildman–Crippen LogP) is 4.85. The molecule has 0 aromatic heterocycles. The van der Waals surface area contributed by atoms with Gasteiger partial charge in [0, 0.05) is 12.6 Å². The fraction of sp³-hybridized carbons (Fsp3) is 0.947. The summed E-state index contributed by atoms with van der Waals surface area (Å²) in [5.74, 6) is 1.89. The van der Waals surface area contributed by atoms with Crippen LogP contribution in [0.15, 0.2) is 0 Å². The van der Waals surface area contributed by atoms with Gasteiger partial charge >= 0.3 is 0 Å². The van der Waals surface area contributed by atoms with Gasteiger partial charge in [-0.25, -0.2) is 0 Å². The molecule has 21 heavy (non-hydrogen) atoms. The second-order valence-electron chi connectivity index (χ2n) is 8.62. The number of hydrogen-bond donors (Lipinski definition) is 0. The van der Waals surface area contributed by atoms with Gasteiger partial charge in [-0.05, 0) is 56.4 Å². The standard InChI is InChI=1S/C19H34N2/c1-19(2,3)17-11-10-16(13-20)18(12-17)21(4)14-15-8-6-5-7-9-15/h15-18H,5-12,14H2,1-4H3. The molecule has 3 unspecified atom stereocenters. The number of nitriles is 1. The van der Waals surface area contributed by atoms with E-state index in [-0.39, 0.29) is 5.92 Å². The second-order valence-corrected chi connectivity index (χ2v) is 8.62. The first-order valence-corrected chi connectivity index (χ1v) is 9.01. The number of hydrogen-bond acceptors (Lipinski definition) is 2. The first-order valence-electron chi connectivity index (χ1n) is 9.01. The molecular formula is C19H34N2.